The minimum absolute atomic E-state index is 0.0998. The fourth-order valence-corrected chi connectivity index (χ4v) is 2.04. The van der Waals surface area contributed by atoms with Crippen LogP contribution in [0.15, 0.2) is 30.3 Å². The predicted molar refractivity (Wildman–Crippen MR) is 75.0 cm³/mol. The van der Waals surface area contributed by atoms with Crippen LogP contribution in [0.2, 0.25) is 0 Å². The monoisotopic (exact) mass is 234 g/mol. The molecule has 2 N–H and O–H groups in total. The molecule has 0 bridgehead atoms. The highest BCUT2D eigenvalue weighted by atomic mass is 15.1. The maximum Gasteiger partial charge on any atom is 0.0450 e. The molecule has 1 aromatic rings. The highest BCUT2D eigenvalue weighted by Gasteiger charge is 2.18. The fraction of sp³-hybridized carbons (Fsp3) is 0.600. The summed E-state index contributed by atoms with van der Waals surface area (Å²) < 4.78 is 0. The average molecular weight is 234 g/mol. The van der Waals surface area contributed by atoms with Crippen LogP contribution in [0.5, 0.6) is 0 Å². The molecule has 1 rings (SSSR count). The zero-order valence-corrected chi connectivity index (χ0v) is 11.4. The van der Waals surface area contributed by atoms with E-state index in [0.717, 1.165) is 6.54 Å². The Hall–Kier alpha value is -0.860. The molecule has 0 saturated carbocycles. The van der Waals surface area contributed by atoms with Gasteiger partial charge in [0.05, 0.1) is 0 Å². The number of nitrogens with two attached hydrogens (primary N) is 1. The van der Waals surface area contributed by atoms with Crippen molar-refractivity contribution in [2.75, 3.05) is 13.6 Å². The molecular weight excluding hydrogens is 208 g/mol. The quantitative estimate of drug-likeness (QED) is 0.734. The second kappa shape index (κ2) is 7.46. The highest BCUT2D eigenvalue weighted by molar-refractivity contribution is 5.19. The molecule has 2 atom stereocenters. The van der Waals surface area contributed by atoms with E-state index in [1.807, 2.05) is 6.07 Å². The van der Waals surface area contributed by atoms with Gasteiger partial charge in [0, 0.05) is 12.1 Å². The van der Waals surface area contributed by atoms with Crippen LogP contribution in [0.3, 0.4) is 0 Å². The lowest BCUT2D eigenvalue weighted by molar-refractivity contribution is 0.223. The van der Waals surface area contributed by atoms with Gasteiger partial charge in [0.25, 0.3) is 0 Å². The maximum absolute atomic E-state index is 6.30. The summed E-state index contributed by atoms with van der Waals surface area (Å²) in [6.45, 7) is 5.58. The van der Waals surface area contributed by atoms with E-state index in [-0.39, 0.29) is 6.04 Å². The number of benzene rings is 1. The van der Waals surface area contributed by atoms with Crippen molar-refractivity contribution in [1.82, 2.24) is 4.90 Å². The van der Waals surface area contributed by atoms with Crippen molar-refractivity contribution < 1.29 is 0 Å². The number of unbranched alkanes of at least 4 members (excludes halogenated alkanes) is 2. The van der Waals surface area contributed by atoms with Crippen molar-refractivity contribution in [2.24, 2.45) is 5.73 Å². The Morgan fingerprint density at radius 1 is 1.18 bits per heavy atom. The Balaban J connectivity index is 2.48. The van der Waals surface area contributed by atoms with Crippen LogP contribution < -0.4 is 5.73 Å². The molecule has 2 unspecified atom stereocenters. The van der Waals surface area contributed by atoms with Crippen molar-refractivity contribution >= 4 is 0 Å². The van der Waals surface area contributed by atoms with E-state index in [9.17, 15) is 0 Å². The summed E-state index contributed by atoms with van der Waals surface area (Å²) in [5.41, 5.74) is 7.53. The average Bonchev–Trinajstić information content (AvgIpc) is 2.38. The third-order valence-corrected chi connectivity index (χ3v) is 3.51. The molecule has 17 heavy (non-hydrogen) atoms. The third kappa shape index (κ3) is 4.49. The van der Waals surface area contributed by atoms with Gasteiger partial charge in [-0.15, -0.1) is 0 Å². The summed E-state index contributed by atoms with van der Waals surface area (Å²) in [6.07, 6.45) is 3.84. The van der Waals surface area contributed by atoms with Crippen LogP contribution in [-0.2, 0) is 0 Å². The molecule has 0 aliphatic carbocycles. The molecule has 0 aliphatic heterocycles. The largest absolute Gasteiger partial charge is 0.323 e. The molecule has 0 aliphatic rings. The van der Waals surface area contributed by atoms with Gasteiger partial charge >= 0.3 is 0 Å². The Labute approximate surface area is 106 Å². The summed E-state index contributed by atoms with van der Waals surface area (Å²) in [6, 6.07) is 10.9. The minimum atomic E-state index is 0.0998. The zero-order chi connectivity index (χ0) is 12.7. The second-order valence-electron chi connectivity index (χ2n) is 4.86. The molecule has 2 nitrogen and oxygen atoms in total. The minimum Gasteiger partial charge on any atom is -0.323 e. The number of rotatable bonds is 7. The Kier molecular flexibility index (Phi) is 6.23. The van der Waals surface area contributed by atoms with Gasteiger partial charge in [-0.25, -0.2) is 0 Å². The lowest BCUT2D eigenvalue weighted by atomic mass is 10.0. The third-order valence-electron chi connectivity index (χ3n) is 3.51. The smallest absolute Gasteiger partial charge is 0.0450 e. The van der Waals surface area contributed by atoms with E-state index in [2.05, 4.69) is 50.1 Å². The van der Waals surface area contributed by atoms with Crippen molar-refractivity contribution in [3.63, 3.8) is 0 Å². The van der Waals surface area contributed by atoms with E-state index in [1.54, 1.807) is 0 Å². The Bertz CT molecular complexity index is 297. The molecule has 96 valence electrons. The number of nitrogens with zero attached hydrogens (tertiary/aromatic N) is 1. The van der Waals surface area contributed by atoms with Gasteiger partial charge in [0.15, 0.2) is 0 Å². The first-order valence-corrected chi connectivity index (χ1v) is 6.67. The highest BCUT2D eigenvalue weighted by Crippen LogP contribution is 2.17. The Morgan fingerprint density at radius 2 is 1.82 bits per heavy atom. The van der Waals surface area contributed by atoms with Crippen molar-refractivity contribution in [3.8, 4) is 0 Å². The van der Waals surface area contributed by atoms with Crippen LogP contribution in [0.1, 0.15) is 44.7 Å². The number of hydrogen-bond acceptors (Lipinski definition) is 2. The molecule has 0 amide bonds. The van der Waals surface area contributed by atoms with E-state index in [4.69, 9.17) is 5.73 Å². The first-order valence-electron chi connectivity index (χ1n) is 6.67. The van der Waals surface area contributed by atoms with Gasteiger partial charge in [-0.2, -0.15) is 0 Å². The Morgan fingerprint density at radius 3 is 2.41 bits per heavy atom. The van der Waals surface area contributed by atoms with Crippen LogP contribution in [0, 0.1) is 0 Å². The van der Waals surface area contributed by atoms with Crippen molar-refractivity contribution in [3.05, 3.63) is 35.9 Å². The first kappa shape index (κ1) is 14.2. The number of likely N-dealkylation sites (N-methyl/N-ethyl adjacent to an activating group) is 1. The second-order valence-corrected chi connectivity index (χ2v) is 4.86. The van der Waals surface area contributed by atoms with Crippen LogP contribution in [0.25, 0.3) is 0 Å². The first-order chi connectivity index (χ1) is 8.16. The molecule has 0 saturated heterocycles. The van der Waals surface area contributed by atoms with Gasteiger partial charge in [0.1, 0.15) is 0 Å². The molecule has 1 aromatic carbocycles. The SMILES string of the molecule is CCCCCN(C)C(C)C(N)c1ccccc1. The van der Waals surface area contributed by atoms with Gasteiger partial charge in [0.2, 0.25) is 0 Å². The number of hydrogen-bond donors (Lipinski definition) is 1. The summed E-state index contributed by atoms with van der Waals surface area (Å²) in [4.78, 5) is 2.37. The van der Waals surface area contributed by atoms with Crippen molar-refractivity contribution in [1.29, 1.82) is 0 Å². The van der Waals surface area contributed by atoms with E-state index < -0.39 is 0 Å². The normalized spacial score (nSPS) is 14.9. The van der Waals surface area contributed by atoms with Crippen LogP contribution in [-0.4, -0.2) is 24.5 Å². The van der Waals surface area contributed by atoms with Gasteiger partial charge < -0.3 is 10.6 Å². The molecular formula is C15H26N2. The van der Waals surface area contributed by atoms with Crippen molar-refractivity contribution in [2.45, 2.75) is 45.2 Å². The van der Waals surface area contributed by atoms with E-state index in [1.165, 1.54) is 24.8 Å². The van der Waals surface area contributed by atoms with E-state index >= 15 is 0 Å². The molecule has 0 aromatic heterocycles. The van der Waals surface area contributed by atoms with Crippen LogP contribution >= 0.6 is 0 Å². The molecule has 2 heteroatoms. The zero-order valence-electron chi connectivity index (χ0n) is 11.4. The summed E-state index contributed by atoms with van der Waals surface area (Å²) in [5, 5.41) is 0. The maximum atomic E-state index is 6.30. The lowest BCUT2D eigenvalue weighted by Gasteiger charge is -2.30. The molecule has 0 heterocycles. The fourth-order valence-electron chi connectivity index (χ4n) is 2.04. The lowest BCUT2D eigenvalue weighted by Crippen LogP contribution is -2.38. The topological polar surface area (TPSA) is 29.3 Å². The van der Waals surface area contributed by atoms with E-state index in [0.29, 0.717) is 6.04 Å². The molecule has 0 spiro atoms. The van der Waals surface area contributed by atoms with Gasteiger partial charge in [-0.05, 0) is 32.5 Å². The molecule has 0 fully saturated rings. The van der Waals surface area contributed by atoms with Gasteiger partial charge in [-0.1, -0.05) is 50.1 Å². The standard InChI is InChI=1S/C15H26N2/c1-4-5-9-12-17(3)13(2)15(16)14-10-7-6-8-11-14/h6-8,10-11,13,15H,4-5,9,12,16H2,1-3H3. The summed E-state index contributed by atoms with van der Waals surface area (Å²) >= 11 is 0. The van der Waals surface area contributed by atoms with Gasteiger partial charge in [-0.3, -0.25) is 0 Å². The predicted octanol–water partition coefficient (Wildman–Crippen LogP) is 3.20. The molecule has 0 radical (unpaired) electrons. The van der Waals surface area contributed by atoms with Crippen LogP contribution in [0.4, 0.5) is 0 Å². The summed E-state index contributed by atoms with van der Waals surface area (Å²) in [5.74, 6) is 0. The summed E-state index contributed by atoms with van der Waals surface area (Å²) in [7, 11) is 2.17.